The molecule has 1 amide bonds. The molecule has 0 radical (unpaired) electrons. The fourth-order valence-corrected chi connectivity index (χ4v) is 4.83. The first-order valence-electron chi connectivity index (χ1n) is 8.33. The maximum atomic E-state index is 12.2. The van der Waals surface area contributed by atoms with Crippen LogP contribution in [0.25, 0.3) is 10.2 Å². The van der Waals surface area contributed by atoms with Crippen molar-refractivity contribution in [2.45, 2.75) is 18.9 Å². The van der Waals surface area contributed by atoms with Gasteiger partial charge in [-0.1, -0.05) is 23.5 Å². The molecular formula is C18H19N3O2S2. The minimum Gasteiger partial charge on any atom is -0.372 e. The Morgan fingerprint density at radius 2 is 2.20 bits per heavy atom. The predicted molar refractivity (Wildman–Crippen MR) is 102 cm³/mol. The molecule has 0 unspecified atom stereocenters. The molecule has 4 rings (SSSR count). The summed E-state index contributed by atoms with van der Waals surface area (Å²) in [5, 5.41) is 9.18. The Labute approximate surface area is 154 Å². The Kier molecular flexibility index (Phi) is 4.96. The van der Waals surface area contributed by atoms with Gasteiger partial charge >= 0.3 is 0 Å². The van der Waals surface area contributed by atoms with E-state index in [1.165, 1.54) is 10.4 Å². The number of benzene rings is 1. The number of fused-ring (bicyclic) bond motifs is 2. The minimum absolute atomic E-state index is 0.0253. The van der Waals surface area contributed by atoms with Gasteiger partial charge in [0.15, 0.2) is 5.13 Å². The molecule has 5 nitrogen and oxygen atoms in total. The number of hydrogen-bond acceptors (Lipinski definition) is 6. The number of rotatable bonds is 6. The van der Waals surface area contributed by atoms with Gasteiger partial charge in [-0.3, -0.25) is 4.79 Å². The predicted octanol–water partition coefficient (Wildman–Crippen LogP) is 3.59. The largest absolute Gasteiger partial charge is 0.372 e. The number of carbonyl (C=O) groups excluding carboxylic acids is 1. The topological polar surface area (TPSA) is 63.2 Å². The molecule has 2 N–H and O–H groups in total. The molecule has 130 valence electrons. The summed E-state index contributed by atoms with van der Waals surface area (Å²) in [4.78, 5) is 17.9. The van der Waals surface area contributed by atoms with Crippen LogP contribution in [0.15, 0.2) is 35.7 Å². The summed E-state index contributed by atoms with van der Waals surface area (Å²) in [7, 11) is 0. The molecule has 1 aliphatic rings. The van der Waals surface area contributed by atoms with E-state index in [2.05, 4.69) is 33.1 Å². The molecule has 3 aromatic rings. The number of carbonyl (C=O) groups is 1. The normalized spacial score (nSPS) is 16.6. The smallest absolute Gasteiger partial charge is 0.223 e. The van der Waals surface area contributed by atoms with Crippen molar-refractivity contribution >= 4 is 43.9 Å². The van der Waals surface area contributed by atoms with E-state index in [1.54, 1.807) is 22.7 Å². The molecule has 1 aliphatic heterocycles. The third-order valence-corrected chi connectivity index (χ3v) is 6.20. The summed E-state index contributed by atoms with van der Waals surface area (Å²) in [6.45, 7) is 1.92. The van der Waals surface area contributed by atoms with Crippen molar-refractivity contribution in [3.05, 3.63) is 46.2 Å². The quantitative estimate of drug-likeness (QED) is 0.648. The van der Waals surface area contributed by atoms with E-state index in [-0.39, 0.29) is 12.0 Å². The first-order chi connectivity index (χ1) is 12.3. The lowest BCUT2D eigenvalue weighted by Gasteiger charge is -2.22. The van der Waals surface area contributed by atoms with Crippen LogP contribution in [0.4, 0.5) is 5.13 Å². The second-order valence-corrected chi connectivity index (χ2v) is 7.87. The average molecular weight is 374 g/mol. The van der Waals surface area contributed by atoms with E-state index in [1.807, 2.05) is 18.2 Å². The third kappa shape index (κ3) is 3.84. The van der Waals surface area contributed by atoms with E-state index in [4.69, 9.17) is 4.74 Å². The van der Waals surface area contributed by atoms with Crippen LogP contribution in [0, 0.1) is 0 Å². The highest BCUT2D eigenvalue weighted by Crippen LogP contribution is 2.33. The SMILES string of the molecule is O=C(C[C@H]1OCCc2ccsc21)NCCNc1nc2ccccc2s1. The first kappa shape index (κ1) is 16.5. The molecule has 7 heteroatoms. The lowest BCUT2D eigenvalue weighted by molar-refractivity contribution is -0.124. The Morgan fingerprint density at radius 3 is 3.12 bits per heavy atom. The zero-order valence-electron chi connectivity index (χ0n) is 13.7. The average Bonchev–Trinajstić information content (AvgIpc) is 3.25. The number of nitrogens with zero attached hydrogens (tertiary/aromatic N) is 1. The zero-order valence-corrected chi connectivity index (χ0v) is 15.3. The van der Waals surface area contributed by atoms with Crippen LogP contribution in [0.2, 0.25) is 0 Å². The van der Waals surface area contributed by atoms with Gasteiger partial charge in [0.25, 0.3) is 0 Å². The van der Waals surface area contributed by atoms with Crippen LogP contribution in [-0.2, 0) is 16.0 Å². The van der Waals surface area contributed by atoms with Crippen molar-refractivity contribution in [1.82, 2.24) is 10.3 Å². The van der Waals surface area contributed by atoms with E-state index in [0.29, 0.717) is 26.1 Å². The number of hydrogen-bond donors (Lipinski definition) is 2. The van der Waals surface area contributed by atoms with Crippen LogP contribution >= 0.6 is 22.7 Å². The van der Waals surface area contributed by atoms with Crippen molar-refractivity contribution in [3.63, 3.8) is 0 Å². The minimum atomic E-state index is -0.0963. The lowest BCUT2D eigenvalue weighted by Crippen LogP contribution is -2.31. The number of thiazole rings is 1. The molecule has 0 aliphatic carbocycles. The van der Waals surface area contributed by atoms with E-state index in [0.717, 1.165) is 21.8 Å². The van der Waals surface area contributed by atoms with Crippen LogP contribution < -0.4 is 10.6 Å². The van der Waals surface area contributed by atoms with Crippen molar-refractivity contribution in [2.75, 3.05) is 25.0 Å². The fraction of sp³-hybridized carbons (Fsp3) is 0.333. The number of amides is 1. The highest BCUT2D eigenvalue weighted by molar-refractivity contribution is 7.22. The van der Waals surface area contributed by atoms with E-state index in [9.17, 15) is 4.79 Å². The second-order valence-electron chi connectivity index (χ2n) is 5.89. The summed E-state index contributed by atoms with van der Waals surface area (Å²) < 4.78 is 6.93. The van der Waals surface area contributed by atoms with Gasteiger partial charge in [-0.05, 0) is 35.6 Å². The van der Waals surface area contributed by atoms with E-state index >= 15 is 0 Å². The highest BCUT2D eigenvalue weighted by Gasteiger charge is 2.24. The molecule has 25 heavy (non-hydrogen) atoms. The van der Waals surface area contributed by atoms with Crippen molar-refractivity contribution in [1.29, 1.82) is 0 Å². The van der Waals surface area contributed by atoms with Crippen LogP contribution in [0.5, 0.6) is 0 Å². The Hall–Kier alpha value is -1.96. The third-order valence-electron chi connectivity index (χ3n) is 4.15. The zero-order chi connectivity index (χ0) is 17.1. The Balaban J connectivity index is 1.23. The van der Waals surface area contributed by atoms with Gasteiger partial charge in [-0.15, -0.1) is 11.3 Å². The molecule has 0 saturated heterocycles. The van der Waals surface area contributed by atoms with Gasteiger partial charge in [0, 0.05) is 18.0 Å². The van der Waals surface area contributed by atoms with Crippen LogP contribution in [-0.4, -0.2) is 30.6 Å². The summed E-state index contributed by atoms with van der Waals surface area (Å²) >= 11 is 3.30. The second kappa shape index (κ2) is 7.51. The van der Waals surface area contributed by atoms with Crippen molar-refractivity contribution in [3.8, 4) is 0 Å². The van der Waals surface area contributed by atoms with Crippen molar-refractivity contribution in [2.24, 2.45) is 0 Å². The van der Waals surface area contributed by atoms with Gasteiger partial charge in [0.05, 0.1) is 23.2 Å². The molecule has 0 bridgehead atoms. The van der Waals surface area contributed by atoms with Crippen LogP contribution in [0.3, 0.4) is 0 Å². The fourth-order valence-electron chi connectivity index (χ4n) is 2.93. The molecule has 0 saturated carbocycles. The summed E-state index contributed by atoms with van der Waals surface area (Å²) in [6, 6.07) is 10.2. The number of para-hydroxylation sites is 1. The van der Waals surface area contributed by atoms with Gasteiger partial charge in [-0.25, -0.2) is 4.98 Å². The highest BCUT2D eigenvalue weighted by atomic mass is 32.1. The maximum absolute atomic E-state index is 12.2. The lowest BCUT2D eigenvalue weighted by atomic mass is 10.1. The number of anilines is 1. The summed E-state index contributed by atoms with van der Waals surface area (Å²) in [5.74, 6) is 0.0253. The van der Waals surface area contributed by atoms with Gasteiger partial charge in [0.1, 0.15) is 6.10 Å². The first-order valence-corrected chi connectivity index (χ1v) is 10.0. The molecule has 0 fully saturated rings. The van der Waals surface area contributed by atoms with Gasteiger partial charge in [0.2, 0.25) is 5.91 Å². The molecular weight excluding hydrogens is 354 g/mol. The Bertz CT molecular complexity index is 841. The molecule has 1 aromatic carbocycles. The summed E-state index contributed by atoms with van der Waals surface area (Å²) in [5.41, 5.74) is 2.33. The van der Waals surface area contributed by atoms with E-state index < -0.39 is 0 Å². The Morgan fingerprint density at radius 1 is 1.28 bits per heavy atom. The van der Waals surface area contributed by atoms with Crippen LogP contribution in [0.1, 0.15) is 23.0 Å². The summed E-state index contributed by atoms with van der Waals surface area (Å²) in [6.07, 6.45) is 1.23. The standard InChI is InChI=1S/C18H19N3O2S2/c22-16(11-14-17-12(5-9-23-14)6-10-24-17)19-7-8-20-18-21-13-3-1-2-4-15(13)25-18/h1-4,6,10,14H,5,7-9,11H2,(H,19,22)(H,20,21)/t14-/m1/s1. The van der Waals surface area contributed by atoms with Gasteiger partial charge in [-0.2, -0.15) is 0 Å². The molecule has 1 atom stereocenters. The number of aromatic nitrogens is 1. The van der Waals surface area contributed by atoms with Gasteiger partial charge < -0.3 is 15.4 Å². The number of ether oxygens (including phenoxy) is 1. The van der Waals surface area contributed by atoms with Crippen molar-refractivity contribution < 1.29 is 9.53 Å². The number of nitrogens with one attached hydrogen (secondary N) is 2. The number of thiophene rings is 1. The monoisotopic (exact) mass is 373 g/mol. The molecule has 2 aromatic heterocycles. The maximum Gasteiger partial charge on any atom is 0.223 e. The molecule has 0 spiro atoms. The molecule has 3 heterocycles.